The van der Waals surface area contributed by atoms with Crippen LogP contribution in [0.2, 0.25) is 0 Å². The molecule has 4 rings (SSSR count). The molecule has 4 aromatic rings. The number of aryl methyl sites for hydroxylation is 1. The van der Waals surface area contributed by atoms with Gasteiger partial charge in [-0.25, -0.2) is 4.98 Å². The molecule has 0 saturated heterocycles. The summed E-state index contributed by atoms with van der Waals surface area (Å²) in [6.45, 7) is 2.14. The van der Waals surface area contributed by atoms with Crippen LogP contribution in [0.15, 0.2) is 66.7 Å². The van der Waals surface area contributed by atoms with Crippen LogP contribution in [-0.4, -0.2) is 4.98 Å². The van der Waals surface area contributed by atoms with Crippen molar-refractivity contribution in [2.45, 2.75) is 6.92 Å². The quantitative estimate of drug-likeness (QED) is 0.397. The molecule has 0 saturated carbocycles. The maximum Gasteiger partial charge on any atom is 0.0718 e. The predicted molar refractivity (Wildman–Crippen MR) is 93.8 cm³/mol. The second kappa shape index (κ2) is 4.85. The van der Waals surface area contributed by atoms with E-state index in [2.05, 4.69) is 55.5 Å². The summed E-state index contributed by atoms with van der Waals surface area (Å²) in [7, 11) is 0. The van der Waals surface area contributed by atoms with E-state index >= 15 is 0 Å². The van der Waals surface area contributed by atoms with Gasteiger partial charge in [0.2, 0.25) is 0 Å². The number of nitrogens with zero attached hydrogens (tertiary/aromatic N) is 1. The Morgan fingerprint density at radius 1 is 0.773 bits per heavy atom. The Hall–Kier alpha value is -2.87. The molecule has 0 unspecified atom stereocenters. The average Bonchev–Trinajstić information content (AvgIpc) is 2.54. The summed E-state index contributed by atoms with van der Waals surface area (Å²) in [6, 6.07) is 22.7. The molecule has 2 heteroatoms. The number of aromatic nitrogens is 1. The molecule has 3 aromatic carbocycles. The van der Waals surface area contributed by atoms with Gasteiger partial charge in [0.15, 0.2) is 0 Å². The highest BCUT2D eigenvalue weighted by molar-refractivity contribution is 6.10. The van der Waals surface area contributed by atoms with Crippen molar-refractivity contribution in [3.63, 3.8) is 0 Å². The van der Waals surface area contributed by atoms with Crippen molar-refractivity contribution in [1.29, 1.82) is 0 Å². The maximum atomic E-state index is 5.85. The van der Waals surface area contributed by atoms with Crippen molar-refractivity contribution in [3.8, 4) is 11.1 Å². The number of benzene rings is 3. The van der Waals surface area contributed by atoms with E-state index in [0.29, 0.717) is 0 Å². The van der Waals surface area contributed by atoms with Gasteiger partial charge in [-0.1, -0.05) is 42.5 Å². The van der Waals surface area contributed by atoms with Crippen LogP contribution in [0.5, 0.6) is 0 Å². The summed E-state index contributed by atoms with van der Waals surface area (Å²) in [4.78, 5) is 4.82. The van der Waals surface area contributed by atoms with E-state index in [1.165, 1.54) is 27.5 Å². The van der Waals surface area contributed by atoms with Crippen LogP contribution in [-0.2, 0) is 0 Å². The van der Waals surface area contributed by atoms with Gasteiger partial charge in [0.05, 0.1) is 11.0 Å². The van der Waals surface area contributed by atoms with Crippen molar-refractivity contribution in [2.75, 3.05) is 5.73 Å². The Bertz CT molecular complexity index is 986. The number of fused-ring (bicyclic) bond motifs is 2. The molecule has 22 heavy (non-hydrogen) atoms. The van der Waals surface area contributed by atoms with Crippen LogP contribution in [0.3, 0.4) is 0 Å². The lowest BCUT2D eigenvalue weighted by Crippen LogP contribution is -1.91. The Morgan fingerprint density at radius 3 is 2.32 bits per heavy atom. The number of anilines is 1. The molecule has 0 bridgehead atoms. The molecule has 2 N–H and O–H groups in total. The van der Waals surface area contributed by atoms with E-state index in [9.17, 15) is 0 Å². The third kappa shape index (κ3) is 1.92. The zero-order valence-electron chi connectivity index (χ0n) is 12.4. The number of para-hydroxylation sites is 1. The first-order valence-corrected chi connectivity index (χ1v) is 7.38. The van der Waals surface area contributed by atoms with Crippen molar-refractivity contribution in [3.05, 3.63) is 72.3 Å². The molecule has 0 aliphatic carbocycles. The number of nitrogens with two attached hydrogens (primary N) is 1. The second-order valence-corrected chi connectivity index (χ2v) is 5.59. The first-order valence-electron chi connectivity index (χ1n) is 7.38. The molecule has 106 valence electrons. The van der Waals surface area contributed by atoms with Gasteiger partial charge in [-0.05, 0) is 42.3 Å². The van der Waals surface area contributed by atoms with Crippen LogP contribution in [0.4, 0.5) is 5.69 Å². The van der Waals surface area contributed by atoms with Crippen LogP contribution >= 0.6 is 0 Å². The van der Waals surface area contributed by atoms with Crippen LogP contribution in [0, 0.1) is 6.92 Å². The molecule has 0 aliphatic rings. The highest BCUT2D eigenvalue weighted by Gasteiger charge is 2.12. The molecule has 2 nitrogen and oxygen atoms in total. The van der Waals surface area contributed by atoms with Crippen molar-refractivity contribution in [1.82, 2.24) is 4.98 Å². The lowest BCUT2D eigenvalue weighted by molar-refractivity contribution is 1.45. The monoisotopic (exact) mass is 284 g/mol. The highest BCUT2D eigenvalue weighted by atomic mass is 14.7. The zero-order valence-corrected chi connectivity index (χ0v) is 12.4. The Balaban J connectivity index is 2.22. The summed E-state index contributed by atoms with van der Waals surface area (Å²) in [5, 5.41) is 2.39. The minimum absolute atomic E-state index is 0.781. The molecular formula is C20H16N2. The summed E-state index contributed by atoms with van der Waals surface area (Å²) in [6.07, 6.45) is 0. The first kappa shape index (κ1) is 12.8. The van der Waals surface area contributed by atoms with Gasteiger partial charge < -0.3 is 5.73 Å². The molecule has 1 aromatic heterocycles. The standard InChI is InChI=1S/C20H16N2/c1-13-5-4-8-18-19(13)20(14-9-11-15(21)12-10-14)16-6-2-3-7-17(16)22-18/h2-12H,21H2,1H3. The third-order valence-electron chi connectivity index (χ3n) is 4.11. The molecule has 0 fully saturated rings. The molecule has 0 spiro atoms. The molecule has 0 amide bonds. The van der Waals surface area contributed by atoms with Gasteiger partial charge in [0, 0.05) is 22.0 Å². The van der Waals surface area contributed by atoms with Gasteiger partial charge in [-0.2, -0.15) is 0 Å². The van der Waals surface area contributed by atoms with E-state index < -0.39 is 0 Å². The van der Waals surface area contributed by atoms with Crippen molar-refractivity contribution < 1.29 is 0 Å². The number of nitrogen functional groups attached to an aromatic ring is 1. The normalized spacial score (nSPS) is 11.1. The van der Waals surface area contributed by atoms with E-state index in [4.69, 9.17) is 10.7 Å². The van der Waals surface area contributed by atoms with Gasteiger partial charge in [-0.3, -0.25) is 0 Å². The van der Waals surface area contributed by atoms with E-state index in [-0.39, 0.29) is 0 Å². The van der Waals surface area contributed by atoms with E-state index in [1.54, 1.807) is 0 Å². The number of pyridine rings is 1. The second-order valence-electron chi connectivity index (χ2n) is 5.59. The summed E-state index contributed by atoms with van der Waals surface area (Å²) < 4.78 is 0. The smallest absolute Gasteiger partial charge is 0.0718 e. The highest BCUT2D eigenvalue weighted by Crippen LogP contribution is 2.36. The van der Waals surface area contributed by atoms with Gasteiger partial charge in [0.1, 0.15) is 0 Å². The lowest BCUT2D eigenvalue weighted by Gasteiger charge is -2.13. The van der Waals surface area contributed by atoms with Crippen LogP contribution in [0.1, 0.15) is 5.56 Å². The Labute approximate surface area is 129 Å². The summed E-state index contributed by atoms with van der Waals surface area (Å²) in [5.41, 5.74) is 12.3. The number of rotatable bonds is 1. The summed E-state index contributed by atoms with van der Waals surface area (Å²) >= 11 is 0. The Kier molecular flexibility index (Phi) is 2.83. The summed E-state index contributed by atoms with van der Waals surface area (Å²) in [5.74, 6) is 0. The molecular weight excluding hydrogens is 268 g/mol. The topological polar surface area (TPSA) is 38.9 Å². The number of hydrogen-bond donors (Lipinski definition) is 1. The average molecular weight is 284 g/mol. The number of hydrogen-bond acceptors (Lipinski definition) is 2. The van der Waals surface area contributed by atoms with Crippen molar-refractivity contribution in [2.24, 2.45) is 0 Å². The maximum absolute atomic E-state index is 5.85. The van der Waals surface area contributed by atoms with Crippen LogP contribution < -0.4 is 5.73 Å². The molecule has 1 heterocycles. The third-order valence-corrected chi connectivity index (χ3v) is 4.11. The fourth-order valence-corrected chi connectivity index (χ4v) is 3.07. The SMILES string of the molecule is Cc1cccc2nc3ccccc3c(-c3ccc(N)cc3)c12. The van der Waals surface area contributed by atoms with E-state index in [1.807, 2.05) is 18.2 Å². The fraction of sp³-hybridized carbons (Fsp3) is 0.0500. The fourth-order valence-electron chi connectivity index (χ4n) is 3.07. The molecule has 0 atom stereocenters. The van der Waals surface area contributed by atoms with Crippen LogP contribution in [0.25, 0.3) is 32.9 Å². The Morgan fingerprint density at radius 2 is 1.50 bits per heavy atom. The minimum Gasteiger partial charge on any atom is -0.399 e. The lowest BCUT2D eigenvalue weighted by atomic mass is 9.94. The van der Waals surface area contributed by atoms with Crippen molar-refractivity contribution >= 4 is 27.5 Å². The van der Waals surface area contributed by atoms with Gasteiger partial charge >= 0.3 is 0 Å². The predicted octanol–water partition coefficient (Wildman–Crippen LogP) is 4.95. The van der Waals surface area contributed by atoms with Gasteiger partial charge in [-0.15, -0.1) is 0 Å². The molecule has 0 aliphatic heterocycles. The first-order chi connectivity index (χ1) is 10.7. The largest absolute Gasteiger partial charge is 0.399 e. The zero-order chi connectivity index (χ0) is 15.1. The van der Waals surface area contributed by atoms with E-state index in [0.717, 1.165) is 16.7 Å². The molecule has 0 radical (unpaired) electrons. The van der Waals surface area contributed by atoms with Gasteiger partial charge in [0.25, 0.3) is 0 Å². The minimum atomic E-state index is 0.781.